The lowest BCUT2D eigenvalue weighted by Crippen LogP contribution is -2.15. The summed E-state index contributed by atoms with van der Waals surface area (Å²) >= 11 is 0. The molecule has 3 heteroatoms. The van der Waals surface area contributed by atoms with E-state index in [9.17, 15) is 0 Å². The second-order valence-corrected chi connectivity index (χ2v) is 2.67. The summed E-state index contributed by atoms with van der Waals surface area (Å²) in [5.41, 5.74) is 1.04. The van der Waals surface area contributed by atoms with Crippen LogP contribution in [0.1, 0.15) is 12.6 Å². The zero-order valence-corrected chi connectivity index (χ0v) is 7.04. The minimum Gasteiger partial charge on any atom is -0.486 e. The number of hydrogen-bond donors (Lipinski definition) is 0. The molecule has 1 aliphatic heterocycles. The molecule has 0 unspecified atom stereocenters. The number of pyridine rings is 1. The molecule has 3 nitrogen and oxygen atoms in total. The van der Waals surface area contributed by atoms with Crippen molar-refractivity contribution in [2.45, 2.75) is 13.3 Å². The number of hydrogen-bond acceptors (Lipinski definition) is 3. The molecule has 0 aliphatic carbocycles. The summed E-state index contributed by atoms with van der Waals surface area (Å²) in [6.07, 6.45) is 2.66. The summed E-state index contributed by atoms with van der Waals surface area (Å²) in [6.45, 7) is 3.33. The topological polar surface area (TPSA) is 31.4 Å². The third-order valence-corrected chi connectivity index (χ3v) is 1.85. The first-order valence-corrected chi connectivity index (χ1v) is 4.14. The van der Waals surface area contributed by atoms with Gasteiger partial charge in [-0.15, -0.1) is 0 Å². The summed E-state index contributed by atoms with van der Waals surface area (Å²) in [7, 11) is 0. The quantitative estimate of drug-likeness (QED) is 0.630. The Hall–Kier alpha value is -1.25. The lowest BCUT2D eigenvalue weighted by atomic mass is 10.2. The Morgan fingerprint density at radius 1 is 1.33 bits per heavy atom. The molecular formula is C9H11NO2. The Labute approximate surface area is 71.3 Å². The van der Waals surface area contributed by atoms with Gasteiger partial charge >= 0.3 is 0 Å². The normalized spacial score (nSPS) is 14.4. The van der Waals surface area contributed by atoms with Crippen LogP contribution in [0.15, 0.2) is 12.3 Å². The van der Waals surface area contributed by atoms with Gasteiger partial charge in [0.15, 0.2) is 11.5 Å². The molecule has 0 amide bonds. The van der Waals surface area contributed by atoms with Crippen LogP contribution in [-0.4, -0.2) is 18.2 Å². The van der Waals surface area contributed by atoms with E-state index in [4.69, 9.17) is 9.47 Å². The molecule has 0 fully saturated rings. The fourth-order valence-corrected chi connectivity index (χ4v) is 1.18. The molecule has 1 aromatic heterocycles. The van der Waals surface area contributed by atoms with E-state index < -0.39 is 0 Å². The van der Waals surface area contributed by atoms with Gasteiger partial charge in [0.1, 0.15) is 13.2 Å². The highest BCUT2D eigenvalue weighted by Crippen LogP contribution is 2.29. The van der Waals surface area contributed by atoms with Crippen LogP contribution in [0, 0.1) is 0 Å². The van der Waals surface area contributed by atoms with Gasteiger partial charge in [0, 0.05) is 11.8 Å². The second kappa shape index (κ2) is 3.01. The molecule has 64 valence electrons. The van der Waals surface area contributed by atoms with E-state index in [1.54, 1.807) is 6.20 Å². The van der Waals surface area contributed by atoms with E-state index in [0.717, 1.165) is 23.6 Å². The average Bonchev–Trinajstić information content (AvgIpc) is 2.17. The first-order valence-electron chi connectivity index (χ1n) is 4.14. The molecular weight excluding hydrogens is 154 g/mol. The van der Waals surface area contributed by atoms with Crippen LogP contribution in [0.5, 0.6) is 11.5 Å². The fourth-order valence-electron chi connectivity index (χ4n) is 1.18. The summed E-state index contributed by atoms with van der Waals surface area (Å²) in [4.78, 5) is 4.21. The van der Waals surface area contributed by atoms with Gasteiger partial charge in [0.2, 0.25) is 0 Å². The predicted octanol–water partition coefficient (Wildman–Crippen LogP) is 1.42. The summed E-state index contributed by atoms with van der Waals surface area (Å²) in [5, 5.41) is 0. The van der Waals surface area contributed by atoms with Gasteiger partial charge in [-0.2, -0.15) is 0 Å². The minimum absolute atomic E-state index is 0.625. The van der Waals surface area contributed by atoms with Gasteiger partial charge < -0.3 is 9.47 Å². The molecule has 0 radical (unpaired) electrons. The molecule has 0 spiro atoms. The standard InChI is InChI=1S/C9H11NO2/c1-2-7-5-8-9(6-10-7)12-4-3-11-8/h5-6H,2-4H2,1H3. The first-order chi connectivity index (χ1) is 5.90. The summed E-state index contributed by atoms with van der Waals surface area (Å²) in [5.74, 6) is 1.59. The first kappa shape index (κ1) is 7.40. The highest BCUT2D eigenvalue weighted by Gasteiger charge is 2.11. The van der Waals surface area contributed by atoms with E-state index in [1.807, 2.05) is 6.07 Å². The molecule has 0 bridgehead atoms. The zero-order valence-electron chi connectivity index (χ0n) is 7.04. The lowest BCUT2D eigenvalue weighted by Gasteiger charge is -2.17. The number of fused-ring (bicyclic) bond motifs is 1. The van der Waals surface area contributed by atoms with Crippen LogP contribution in [0.4, 0.5) is 0 Å². The van der Waals surface area contributed by atoms with Gasteiger partial charge in [0.25, 0.3) is 0 Å². The number of nitrogens with zero attached hydrogens (tertiary/aromatic N) is 1. The Balaban J connectivity index is 2.36. The largest absolute Gasteiger partial charge is 0.486 e. The fraction of sp³-hybridized carbons (Fsp3) is 0.444. The zero-order chi connectivity index (χ0) is 8.39. The molecule has 2 heterocycles. The van der Waals surface area contributed by atoms with E-state index in [1.165, 1.54) is 0 Å². The maximum Gasteiger partial charge on any atom is 0.179 e. The van der Waals surface area contributed by atoms with Crippen molar-refractivity contribution in [1.29, 1.82) is 0 Å². The van der Waals surface area contributed by atoms with Crippen molar-refractivity contribution in [3.8, 4) is 11.5 Å². The minimum atomic E-state index is 0.625. The maximum atomic E-state index is 5.40. The molecule has 0 aromatic carbocycles. The van der Waals surface area contributed by atoms with E-state index >= 15 is 0 Å². The van der Waals surface area contributed by atoms with Crippen LogP contribution in [0.3, 0.4) is 0 Å². The Morgan fingerprint density at radius 3 is 2.83 bits per heavy atom. The molecule has 0 saturated heterocycles. The van der Waals surface area contributed by atoms with Crippen molar-refractivity contribution in [3.63, 3.8) is 0 Å². The number of aryl methyl sites for hydroxylation is 1. The summed E-state index contributed by atoms with van der Waals surface area (Å²) in [6, 6.07) is 1.94. The van der Waals surface area contributed by atoms with Crippen LogP contribution in [-0.2, 0) is 6.42 Å². The van der Waals surface area contributed by atoms with Gasteiger partial charge in [-0.25, -0.2) is 0 Å². The third kappa shape index (κ3) is 1.22. The van der Waals surface area contributed by atoms with Crippen molar-refractivity contribution in [2.24, 2.45) is 0 Å². The number of aromatic nitrogens is 1. The van der Waals surface area contributed by atoms with E-state index in [2.05, 4.69) is 11.9 Å². The van der Waals surface area contributed by atoms with Crippen LogP contribution < -0.4 is 9.47 Å². The Morgan fingerprint density at radius 2 is 2.08 bits per heavy atom. The van der Waals surface area contributed by atoms with Gasteiger partial charge in [0.05, 0.1) is 6.20 Å². The third-order valence-electron chi connectivity index (χ3n) is 1.85. The van der Waals surface area contributed by atoms with Gasteiger partial charge in [-0.3, -0.25) is 4.98 Å². The average molecular weight is 165 g/mol. The predicted molar refractivity (Wildman–Crippen MR) is 44.6 cm³/mol. The molecule has 0 N–H and O–H groups in total. The van der Waals surface area contributed by atoms with Crippen molar-refractivity contribution in [1.82, 2.24) is 4.98 Å². The van der Waals surface area contributed by atoms with Gasteiger partial charge in [-0.1, -0.05) is 6.92 Å². The molecule has 0 atom stereocenters. The molecule has 1 aliphatic rings. The van der Waals surface area contributed by atoms with E-state index in [0.29, 0.717) is 13.2 Å². The second-order valence-electron chi connectivity index (χ2n) is 2.67. The SMILES string of the molecule is CCc1cc2c(cn1)OCCO2. The molecule has 12 heavy (non-hydrogen) atoms. The smallest absolute Gasteiger partial charge is 0.179 e. The highest BCUT2D eigenvalue weighted by molar-refractivity contribution is 5.39. The maximum absolute atomic E-state index is 5.40. The molecule has 0 saturated carbocycles. The summed E-state index contributed by atoms with van der Waals surface area (Å²) < 4.78 is 10.7. The molecule has 1 aromatic rings. The number of ether oxygens (including phenoxy) is 2. The number of rotatable bonds is 1. The van der Waals surface area contributed by atoms with E-state index in [-0.39, 0.29) is 0 Å². The molecule has 2 rings (SSSR count). The van der Waals surface area contributed by atoms with Crippen LogP contribution >= 0.6 is 0 Å². The van der Waals surface area contributed by atoms with Crippen LogP contribution in [0.25, 0.3) is 0 Å². The highest BCUT2D eigenvalue weighted by atomic mass is 16.6. The van der Waals surface area contributed by atoms with Crippen molar-refractivity contribution >= 4 is 0 Å². The van der Waals surface area contributed by atoms with Crippen molar-refractivity contribution in [3.05, 3.63) is 18.0 Å². The lowest BCUT2D eigenvalue weighted by molar-refractivity contribution is 0.170. The van der Waals surface area contributed by atoms with Crippen molar-refractivity contribution < 1.29 is 9.47 Å². The van der Waals surface area contributed by atoms with Gasteiger partial charge in [-0.05, 0) is 6.42 Å². The van der Waals surface area contributed by atoms with Crippen LogP contribution in [0.2, 0.25) is 0 Å². The van der Waals surface area contributed by atoms with Crippen molar-refractivity contribution in [2.75, 3.05) is 13.2 Å². The Bertz CT molecular complexity index is 286. The Kier molecular flexibility index (Phi) is 1.86. The monoisotopic (exact) mass is 165 g/mol.